The fraction of sp³-hybridized carbons (Fsp3) is 0.400. The lowest BCUT2D eigenvalue weighted by Crippen LogP contribution is -2.43. The quantitative estimate of drug-likeness (QED) is 0.187. The number of halogens is 2. The van der Waals surface area contributed by atoms with Crippen molar-refractivity contribution in [1.82, 2.24) is 19.9 Å². The lowest BCUT2D eigenvalue weighted by molar-refractivity contribution is 0.108. The number of fused-ring (bicyclic) bond motifs is 4. The average molecular weight is 611 g/mol. The van der Waals surface area contributed by atoms with Crippen LogP contribution in [0.1, 0.15) is 33.1 Å². The molecule has 0 bridgehead atoms. The van der Waals surface area contributed by atoms with Crippen molar-refractivity contribution < 1.29 is 21.0 Å². The smallest absolute Gasteiger partial charge is 0.319 e. The molecule has 8 nitrogen and oxygen atoms in total. The molecule has 0 radical (unpaired) electrons. The number of pyridine rings is 1. The van der Waals surface area contributed by atoms with Gasteiger partial charge in [0.2, 0.25) is 0 Å². The van der Waals surface area contributed by atoms with E-state index in [4.69, 9.17) is 36.6 Å². The second-order valence-electron chi connectivity index (χ2n) is 12.6. The lowest BCUT2D eigenvalue weighted by atomic mass is 9.94. The number of aryl methyl sites for hydroxylation is 1. The van der Waals surface area contributed by atoms with Crippen LogP contribution in [0.15, 0.2) is 42.6 Å². The fourth-order valence-corrected chi connectivity index (χ4v) is 7.59. The van der Waals surface area contributed by atoms with Gasteiger partial charge in [-0.15, -0.1) is 6.42 Å². The van der Waals surface area contributed by atoms with E-state index >= 15 is 4.39 Å². The maximum atomic E-state index is 15.1. The highest BCUT2D eigenvalue weighted by molar-refractivity contribution is 6.04. The Balaban J connectivity index is 1.33. The molecule has 0 unspecified atom stereocenters. The fourth-order valence-electron chi connectivity index (χ4n) is 7.59. The Morgan fingerprint density at radius 2 is 2.18 bits per heavy atom. The first-order valence-corrected chi connectivity index (χ1v) is 15.3. The first kappa shape index (κ1) is 25.9. The zero-order chi connectivity index (χ0) is 32.8. The summed E-state index contributed by atoms with van der Waals surface area (Å²) in [4.78, 5) is 18.4. The summed E-state index contributed by atoms with van der Waals surface area (Å²) in [6, 6.07) is 5.77. The Labute approximate surface area is 263 Å². The van der Waals surface area contributed by atoms with Crippen LogP contribution in [0.5, 0.6) is 6.01 Å². The first-order chi connectivity index (χ1) is 22.5. The molecule has 8 rings (SSSR count). The molecule has 45 heavy (non-hydrogen) atoms. The Morgan fingerprint density at radius 1 is 1.31 bits per heavy atom. The molecule has 4 atom stereocenters. The number of nitrogens with zero attached hydrogens (tertiary/aromatic N) is 5. The maximum absolute atomic E-state index is 15.1. The molecule has 5 heterocycles. The number of benzene rings is 2. The molecule has 1 aliphatic carbocycles. The molecule has 4 fully saturated rings. The van der Waals surface area contributed by atoms with Gasteiger partial charge in [0.05, 0.1) is 49.7 Å². The second kappa shape index (κ2) is 10.4. The standard InChI is InChI=1S/C35H34F2N6O2/c1-4-23-27(36)7-6-21-12-22(38)13-24(28(21)23)30-20(3)31-25(15-39-30)33(43-10-11-44-17-26-29(37)32(26)43)41-34(40-31)45-18-35-8-5-9-42(35)16-19(2)14-35/h1,6-7,12-13,15,26,29,32H,2,5,8-11,14,16-18,38H2,3H3/t26-,29-,32-,35-/m0/s1/i18D2. The van der Waals surface area contributed by atoms with Crippen molar-refractivity contribution in [3.63, 3.8) is 0 Å². The predicted octanol–water partition coefficient (Wildman–Crippen LogP) is 5.20. The highest BCUT2D eigenvalue weighted by Crippen LogP contribution is 2.46. The molecule has 2 aromatic heterocycles. The molecule has 3 aliphatic heterocycles. The zero-order valence-electron chi connectivity index (χ0n) is 26.9. The molecule has 2 aromatic carbocycles. The molecule has 2 N–H and O–H groups in total. The summed E-state index contributed by atoms with van der Waals surface area (Å²) in [5, 5.41) is 1.70. The van der Waals surface area contributed by atoms with Gasteiger partial charge in [0.1, 0.15) is 24.4 Å². The van der Waals surface area contributed by atoms with Crippen molar-refractivity contribution >= 4 is 33.2 Å². The van der Waals surface area contributed by atoms with E-state index < -0.39 is 30.1 Å². The molecule has 230 valence electrons. The van der Waals surface area contributed by atoms with Gasteiger partial charge in [0.25, 0.3) is 0 Å². The second-order valence-corrected chi connectivity index (χ2v) is 12.6. The number of nitrogens with two attached hydrogens (primary N) is 1. The highest BCUT2D eigenvalue weighted by Gasteiger charge is 2.56. The monoisotopic (exact) mass is 610 g/mol. The summed E-state index contributed by atoms with van der Waals surface area (Å²) < 4.78 is 60.4. The van der Waals surface area contributed by atoms with Crippen LogP contribution in [0.2, 0.25) is 0 Å². The van der Waals surface area contributed by atoms with Gasteiger partial charge >= 0.3 is 6.01 Å². The van der Waals surface area contributed by atoms with Crippen LogP contribution in [-0.2, 0) is 4.74 Å². The highest BCUT2D eigenvalue weighted by atomic mass is 19.1. The summed E-state index contributed by atoms with van der Waals surface area (Å²) in [6.07, 6.45) is 8.24. The molecular weight excluding hydrogens is 574 g/mol. The number of aromatic nitrogens is 3. The number of hydrogen-bond donors (Lipinski definition) is 1. The van der Waals surface area contributed by atoms with Crippen LogP contribution in [0.3, 0.4) is 0 Å². The molecule has 4 aliphatic rings. The minimum absolute atomic E-state index is 0.0937. The van der Waals surface area contributed by atoms with E-state index in [2.05, 4.69) is 17.4 Å². The number of terminal acetylenes is 1. The molecule has 10 heteroatoms. The molecule has 4 aromatic rings. The number of ether oxygens (including phenoxy) is 2. The predicted molar refractivity (Wildman–Crippen MR) is 170 cm³/mol. The Kier molecular flexibility index (Phi) is 5.97. The average Bonchev–Trinajstić information content (AvgIpc) is 3.39. The third-order valence-corrected chi connectivity index (χ3v) is 9.79. The summed E-state index contributed by atoms with van der Waals surface area (Å²) in [5.74, 6) is 2.05. The van der Waals surface area contributed by atoms with E-state index in [1.165, 1.54) is 6.07 Å². The Hall–Kier alpha value is -4.33. The van der Waals surface area contributed by atoms with Gasteiger partial charge in [-0.3, -0.25) is 9.88 Å². The van der Waals surface area contributed by atoms with E-state index in [9.17, 15) is 7.13 Å². The minimum atomic E-state index is -2.16. The summed E-state index contributed by atoms with van der Waals surface area (Å²) in [6.45, 7) is 6.25. The third kappa shape index (κ3) is 4.43. The van der Waals surface area contributed by atoms with E-state index in [1.807, 2.05) is 11.8 Å². The topological polar surface area (TPSA) is 89.6 Å². The molecule has 0 amide bonds. The van der Waals surface area contributed by atoms with Gasteiger partial charge < -0.3 is 20.1 Å². The van der Waals surface area contributed by atoms with E-state index in [1.54, 1.807) is 24.4 Å². The van der Waals surface area contributed by atoms with Crippen LogP contribution in [0, 0.1) is 31.0 Å². The van der Waals surface area contributed by atoms with Gasteiger partial charge in [-0.2, -0.15) is 9.97 Å². The largest absolute Gasteiger partial charge is 0.461 e. The summed E-state index contributed by atoms with van der Waals surface area (Å²) in [5.41, 5.74) is 8.95. The summed E-state index contributed by atoms with van der Waals surface area (Å²) in [7, 11) is 0. The van der Waals surface area contributed by atoms with Gasteiger partial charge in [0.15, 0.2) is 0 Å². The van der Waals surface area contributed by atoms with Crippen LogP contribution >= 0.6 is 0 Å². The molecular formula is C35H34F2N6O2. The number of alkyl halides is 1. The zero-order valence-corrected chi connectivity index (χ0v) is 24.9. The van der Waals surface area contributed by atoms with Gasteiger partial charge in [-0.1, -0.05) is 24.1 Å². The van der Waals surface area contributed by atoms with Gasteiger partial charge in [-0.25, -0.2) is 8.78 Å². The van der Waals surface area contributed by atoms with Gasteiger partial charge in [-0.05, 0) is 56.3 Å². The number of nitrogen functional groups attached to an aromatic ring is 1. The minimum Gasteiger partial charge on any atom is -0.461 e. The van der Waals surface area contributed by atoms with Crippen molar-refractivity contribution in [3.05, 3.63) is 59.6 Å². The normalized spacial score (nSPS) is 27.1. The molecule has 0 spiro atoms. The summed E-state index contributed by atoms with van der Waals surface area (Å²) >= 11 is 0. The third-order valence-electron chi connectivity index (χ3n) is 9.79. The number of anilines is 2. The Morgan fingerprint density at radius 3 is 3.02 bits per heavy atom. The van der Waals surface area contributed by atoms with Crippen molar-refractivity contribution in [3.8, 4) is 29.6 Å². The first-order valence-electron chi connectivity index (χ1n) is 16.3. The van der Waals surface area contributed by atoms with Crippen molar-refractivity contribution in [1.29, 1.82) is 0 Å². The molecule has 1 saturated carbocycles. The van der Waals surface area contributed by atoms with E-state index in [0.29, 0.717) is 89.1 Å². The Bertz CT molecular complexity index is 2040. The number of hydrogen-bond acceptors (Lipinski definition) is 8. The van der Waals surface area contributed by atoms with Crippen LogP contribution in [-0.4, -0.2) is 77.0 Å². The molecule has 3 saturated heterocycles. The van der Waals surface area contributed by atoms with Crippen molar-refractivity contribution in [2.75, 3.05) is 50.0 Å². The maximum Gasteiger partial charge on any atom is 0.319 e. The van der Waals surface area contributed by atoms with Crippen molar-refractivity contribution in [2.24, 2.45) is 5.92 Å². The SMILES string of the molecule is [2H]C([2H])(Oc1nc(N2CCOC[C@H]3[C@H](F)[C@H]32)c2cnc(-c3cc(N)cc4ccc(F)c(C#C)c34)c(C)c2n1)[C@@]12CCCN1CC(=C)C2. The van der Waals surface area contributed by atoms with Crippen LogP contribution < -0.4 is 15.4 Å². The van der Waals surface area contributed by atoms with E-state index in [0.717, 1.165) is 18.5 Å². The lowest BCUT2D eigenvalue weighted by Gasteiger charge is -2.31. The van der Waals surface area contributed by atoms with Crippen LogP contribution in [0.25, 0.3) is 32.9 Å². The van der Waals surface area contributed by atoms with E-state index in [-0.39, 0.29) is 17.5 Å². The van der Waals surface area contributed by atoms with Gasteiger partial charge in [0, 0.05) is 47.4 Å². The number of rotatable bonds is 5. The van der Waals surface area contributed by atoms with Crippen LogP contribution in [0.4, 0.5) is 20.3 Å². The van der Waals surface area contributed by atoms with Crippen molar-refractivity contribution in [2.45, 2.75) is 43.9 Å².